The van der Waals surface area contributed by atoms with E-state index in [1.165, 1.54) is 0 Å². The Labute approximate surface area is 167 Å². The summed E-state index contributed by atoms with van der Waals surface area (Å²) in [6, 6.07) is 3.52. The highest BCUT2D eigenvalue weighted by Gasteiger charge is 2.25. The summed E-state index contributed by atoms with van der Waals surface area (Å²) >= 11 is 0. The van der Waals surface area contributed by atoms with Gasteiger partial charge in [-0.15, -0.1) is 0 Å². The summed E-state index contributed by atoms with van der Waals surface area (Å²) in [4.78, 5) is 21.2. The number of nitrogens with zero attached hydrogens (tertiary/aromatic N) is 3. The van der Waals surface area contributed by atoms with Gasteiger partial charge in [-0.2, -0.15) is 0 Å². The largest absolute Gasteiger partial charge is 0.508 e. The number of benzene rings is 1. The van der Waals surface area contributed by atoms with E-state index in [0.29, 0.717) is 28.1 Å². The maximum absolute atomic E-state index is 12.2. The Balaban J connectivity index is 1.94. The minimum absolute atomic E-state index is 0.0947. The molecule has 3 heterocycles. The number of nitrogen functional groups attached to an aromatic ring is 1. The van der Waals surface area contributed by atoms with Gasteiger partial charge in [-0.3, -0.25) is 9.36 Å². The van der Waals surface area contributed by atoms with Gasteiger partial charge in [0.25, 0.3) is 5.91 Å². The van der Waals surface area contributed by atoms with E-state index in [0.717, 1.165) is 24.9 Å². The van der Waals surface area contributed by atoms with Gasteiger partial charge in [-0.05, 0) is 50.8 Å². The minimum Gasteiger partial charge on any atom is -0.508 e. The number of nitrogens with two attached hydrogens (primary N) is 2. The number of aromatic nitrogens is 3. The van der Waals surface area contributed by atoms with E-state index in [4.69, 9.17) is 11.5 Å². The molecule has 1 amide bonds. The molecule has 2 aromatic heterocycles. The lowest BCUT2D eigenvalue weighted by Crippen LogP contribution is -2.18. The van der Waals surface area contributed by atoms with Crippen LogP contribution in [0.5, 0.6) is 5.75 Å². The Morgan fingerprint density at radius 2 is 2.17 bits per heavy atom. The molecule has 0 bridgehead atoms. The van der Waals surface area contributed by atoms with Crippen molar-refractivity contribution >= 4 is 22.9 Å². The molecule has 8 nitrogen and oxygen atoms in total. The van der Waals surface area contributed by atoms with Gasteiger partial charge in [0, 0.05) is 5.56 Å². The second-order valence-corrected chi connectivity index (χ2v) is 7.18. The average molecular weight is 390 g/mol. The van der Waals surface area contributed by atoms with Crippen molar-refractivity contribution in [2.75, 3.05) is 12.3 Å². The molecule has 1 atom stereocenters. The summed E-state index contributed by atoms with van der Waals surface area (Å²) in [5, 5.41) is 13.5. The number of carbonyl (C=O) groups excluding carboxylic acids is 1. The molecule has 148 valence electrons. The Hall–Kier alpha value is -3.57. The highest BCUT2D eigenvalue weighted by molar-refractivity contribution is 6.09. The normalized spacial score (nSPS) is 16.0. The topological polar surface area (TPSA) is 132 Å². The van der Waals surface area contributed by atoms with Crippen molar-refractivity contribution in [2.24, 2.45) is 5.73 Å². The second kappa shape index (κ2) is 7.11. The minimum atomic E-state index is -0.696. The highest BCUT2D eigenvalue weighted by Crippen LogP contribution is 2.34. The van der Waals surface area contributed by atoms with E-state index in [9.17, 15) is 9.90 Å². The van der Waals surface area contributed by atoms with Crippen molar-refractivity contribution in [3.63, 3.8) is 0 Å². The lowest BCUT2D eigenvalue weighted by molar-refractivity contribution is 0.100. The molecular formula is C21H22N6O2. The van der Waals surface area contributed by atoms with Crippen LogP contribution >= 0.6 is 0 Å². The van der Waals surface area contributed by atoms with Gasteiger partial charge in [-0.1, -0.05) is 12.0 Å². The van der Waals surface area contributed by atoms with Crippen LogP contribution in [0.2, 0.25) is 0 Å². The Morgan fingerprint density at radius 3 is 2.86 bits per heavy atom. The number of nitrogens with one attached hydrogen (secondary N) is 1. The molecule has 0 aliphatic carbocycles. The molecule has 1 fully saturated rings. The zero-order valence-electron chi connectivity index (χ0n) is 16.3. The molecule has 4 rings (SSSR count). The van der Waals surface area contributed by atoms with Crippen LogP contribution < -0.4 is 16.8 Å². The van der Waals surface area contributed by atoms with Gasteiger partial charge in [-0.25, -0.2) is 9.97 Å². The molecule has 1 aliphatic heterocycles. The molecule has 8 heteroatoms. The van der Waals surface area contributed by atoms with Gasteiger partial charge in [0.2, 0.25) is 0 Å². The summed E-state index contributed by atoms with van der Waals surface area (Å²) in [5.41, 5.74) is 15.3. The van der Waals surface area contributed by atoms with E-state index in [1.54, 1.807) is 29.8 Å². The van der Waals surface area contributed by atoms with E-state index in [1.807, 2.05) is 6.92 Å². The molecule has 6 N–H and O–H groups in total. The lowest BCUT2D eigenvalue weighted by Gasteiger charge is -2.15. The fourth-order valence-electron chi connectivity index (χ4n) is 3.73. The predicted octanol–water partition coefficient (Wildman–Crippen LogP) is 1.53. The summed E-state index contributed by atoms with van der Waals surface area (Å²) in [7, 11) is 0. The van der Waals surface area contributed by atoms with Crippen LogP contribution in [0.4, 0.5) is 5.82 Å². The standard InChI is InChI=1S/C21H22N6O2/c1-11-5-8-15(28)12(2)18(11)27-19(22)16(20(23)29)17-21(27)25-10-14(26-17)7-6-13-4-3-9-24-13/h5,8,10,13,24,28H,3-4,9,22H2,1-2H3,(H2,23,29). The van der Waals surface area contributed by atoms with E-state index < -0.39 is 5.91 Å². The monoisotopic (exact) mass is 390 g/mol. The summed E-state index contributed by atoms with van der Waals surface area (Å²) in [5.74, 6) is 5.71. The third-order valence-corrected chi connectivity index (χ3v) is 5.21. The molecule has 0 radical (unpaired) electrons. The molecular weight excluding hydrogens is 368 g/mol. The first-order chi connectivity index (χ1) is 13.9. The molecule has 1 saturated heterocycles. The number of phenols is 1. The number of amides is 1. The molecule has 1 aromatic carbocycles. The maximum Gasteiger partial charge on any atom is 0.254 e. The van der Waals surface area contributed by atoms with Gasteiger partial charge in [0.05, 0.1) is 17.9 Å². The molecule has 1 unspecified atom stereocenters. The predicted molar refractivity (Wildman–Crippen MR) is 111 cm³/mol. The third kappa shape index (κ3) is 3.15. The summed E-state index contributed by atoms with van der Waals surface area (Å²) in [6.45, 7) is 4.62. The number of anilines is 1. The number of aryl methyl sites for hydroxylation is 1. The zero-order valence-corrected chi connectivity index (χ0v) is 16.3. The Kier molecular flexibility index (Phi) is 4.60. The van der Waals surface area contributed by atoms with Crippen molar-refractivity contribution in [3.05, 3.63) is 40.7 Å². The van der Waals surface area contributed by atoms with E-state index in [2.05, 4.69) is 27.1 Å². The number of carbonyl (C=O) groups is 1. The number of rotatable bonds is 2. The van der Waals surface area contributed by atoms with Crippen LogP contribution in [-0.2, 0) is 0 Å². The van der Waals surface area contributed by atoms with Crippen molar-refractivity contribution in [3.8, 4) is 23.3 Å². The number of fused-ring (bicyclic) bond motifs is 1. The van der Waals surface area contributed by atoms with Crippen molar-refractivity contribution in [2.45, 2.75) is 32.7 Å². The zero-order chi connectivity index (χ0) is 20.7. The number of phenolic OH excluding ortho intramolecular Hbond substituents is 1. The van der Waals surface area contributed by atoms with Crippen molar-refractivity contribution in [1.29, 1.82) is 0 Å². The van der Waals surface area contributed by atoms with Crippen molar-refractivity contribution < 1.29 is 9.90 Å². The third-order valence-electron chi connectivity index (χ3n) is 5.21. The van der Waals surface area contributed by atoms with Crippen LogP contribution in [0, 0.1) is 25.7 Å². The van der Waals surface area contributed by atoms with Gasteiger partial charge in [0.15, 0.2) is 5.65 Å². The number of aromatic hydroxyl groups is 1. The first-order valence-corrected chi connectivity index (χ1v) is 9.39. The van der Waals surface area contributed by atoms with E-state index >= 15 is 0 Å². The Morgan fingerprint density at radius 1 is 1.38 bits per heavy atom. The van der Waals surface area contributed by atoms with Crippen LogP contribution in [-0.4, -0.2) is 38.1 Å². The number of hydrogen-bond donors (Lipinski definition) is 4. The first kappa shape index (κ1) is 18.8. The summed E-state index contributed by atoms with van der Waals surface area (Å²) < 4.78 is 1.61. The molecule has 29 heavy (non-hydrogen) atoms. The van der Waals surface area contributed by atoms with Crippen LogP contribution in [0.25, 0.3) is 16.9 Å². The van der Waals surface area contributed by atoms with Gasteiger partial charge in [0.1, 0.15) is 28.3 Å². The van der Waals surface area contributed by atoms with Gasteiger partial charge < -0.3 is 21.9 Å². The van der Waals surface area contributed by atoms with E-state index in [-0.39, 0.29) is 23.2 Å². The second-order valence-electron chi connectivity index (χ2n) is 7.18. The Bertz CT molecular complexity index is 1200. The summed E-state index contributed by atoms with van der Waals surface area (Å²) in [6.07, 6.45) is 3.64. The first-order valence-electron chi connectivity index (χ1n) is 9.39. The fourth-order valence-corrected chi connectivity index (χ4v) is 3.73. The lowest BCUT2D eigenvalue weighted by atomic mass is 10.1. The average Bonchev–Trinajstić information content (AvgIpc) is 3.29. The number of primary amides is 1. The molecule has 0 saturated carbocycles. The quantitative estimate of drug-likeness (QED) is 0.491. The van der Waals surface area contributed by atoms with Crippen molar-refractivity contribution in [1.82, 2.24) is 19.9 Å². The number of hydrogen-bond acceptors (Lipinski definition) is 6. The van der Waals surface area contributed by atoms with Crippen LogP contribution in [0.15, 0.2) is 18.3 Å². The SMILES string of the molecule is Cc1ccc(O)c(C)c1-n1c(N)c(C(N)=O)c2nc(C#CC3CCCN3)cnc21. The van der Waals surface area contributed by atoms with Crippen LogP contribution in [0.3, 0.4) is 0 Å². The van der Waals surface area contributed by atoms with Crippen LogP contribution in [0.1, 0.15) is 40.0 Å². The molecule has 1 aliphatic rings. The maximum atomic E-state index is 12.2. The highest BCUT2D eigenvalue weighted by atomic mass is 16.3. The fraction of sp³-hybridized carbons (Fsp3) is 0.286. The smallest absolute Gasteiger partial charge is 0.254 e. The van der Waals surface area contributed by atoms with Gasteiger partial charge >= 0.3 is 0 Å². The molecule has 0 spiro atoms. The molecule has 3 aromatic rings.